The Morgan fingerprint density at radius 3 is 2.81 bits per heavy atom. The van der Waals surface area contributed by atoms with Gasteiger partial charge in [0.05, 0.1) is 12.9 Å². The molecule has 8 heteroatoms. The van der Waals surface area contributed by atoms with Crippen LogP contribution in [0.25, 0.3) is 33.5 Å². The van der Waals surface area contributed by atoms with E-state index in [1.165, 1.54) is 11.8 Å². The van der Waals surface area contributed by atoms with Crippen molar-refractivity contribution >= 4 is 39.4 Å². The summed E-state index contributed by atoms with van der Waals surface area (Å²) in [7, 11) is 5.43. The van der Waals surface area contributed by atoms with Gasteiger partial charge in [-0.25, -0.2) is 0 Å². The number of Topliss-reactive ketones (excluding diaryl/α,β-unsaturated/α-hetero) is 1. The number of carbonyl (C=O) groups excluding carboxylic acids is 1. The van der Waals surface area contributed by atoms with E-state index in [0.29, 0.717) is 28.1 Å². The minimum Gasteiger partial charge on any atom is -0.493 e. The third-order valence-electron chi connectivity index (χ3n) is 5.31. The van der Waals surface area contributed by atoms with Gasteiger partial charge in [-0.05, 0) is 18.2 Å². The molecule has 0 saturated carbocycles. The molecule has 0 aliphatic heterocycles. The van der Waals surface area contributed by atoms with Crippen LogP contribution in [0.1, 0.15) is 10.4 Å². The molecule has 0 N–H and O–H groups in total. The summed E-state index contributed by atoms with van der Waals surface area (Å²) in [6.07, 6.45) is 1.89. The van der Waals surface area contributed by atoms with Crippen LogP contribution in [0.2, 0.25) is 0 Å². The highest BCUT2D eigenvalue weighted by molar-refractivity contribution is 7.99. The molecule has 0 bridgehead atoms. The quantitative estimate of drug-likeness (QED) is 0.286. The van der Waals surface area contributed by atoms with Gasteiger partial charge in [0.25, 0.3) is 0 Å². The highest BCUT2D eigenvalue weighted by Gasteiger charge is 2.19. The zero-order valence-corrected chi connectivity index (χ0v) is 18.1. The Morgan fingerprint density at radius 2 is 1.97 bits per heavy atom. The van der Waals surface area contributed by atoms with Crippen LogP contribution in [-0.2, 0) is 14.1 Å². The molecule has 5 rings (SSSR count). The lowest BCUT2D eigenvalue weighted by Crippen LogP contribution is -2.03. The van der Waals surface area contributed by atoms with E-state index in [4.69, 9.17) is 9.15 Å². The highest BCUT2D eigenvalue weighted by atomic mass is 32.2. The van der Waals surface area contributed by atoms with Gasteiger partial charge in [0.1, 0.15) is 0 Å². The van der Waals surface area contributed by atoms with E-state index in [-0.39, 0.29) is 11.5 Å². The van der Waals surface area contributed by atoms with E-state index in [0.717, 1.165) is 21.9 Å². The first-order valence-electron chi connectivity index (χ1n) is 9.73. The number of benzene rings is 2. The lowest BCUT2D eigenvalue weighted by molar-refractivity contribution is 0.102. The number of hydrogen-bond acceptors (Lipinski definition) is 6. The fourth-order valence-electron chi connectivity index (χ4n) is 3.73. The smallest absolute Gasteiger partial charge is 0.200 e. The van der Waals surface area contributed by atoms with Crippen molar-refractivity contribution in [1.82, 2.24) is 19.3 Å². The Bertz CT molecular complexity index is 1430. The minimum atomic E-state index is 0.0554. The second-order valence-electron chi connectivity index (χ2n) is 7.24. The van der Waals surface area contributed by atoms with Gasteiger partial charge in [-0.3, -0.25) is 4.79 Å². The number of rotatable bonds is 6. The number of carbonyl (C=O) groups is 1. The van der Waals surface area contributed by atoms with E-state index >= 15 is 0 Å². The lowest BCUT2D eigenvalue weighted by Gasteiger charge is -2.02. The maximum Gasteiger partial charge on any atom is 0.200 e. The first-order chi connectivity index (χ1) is 15.1. The molecule has 3 heterocycles. The number of furan rings is 1. The molecule has 0 unspecified atom stereocenters. The largest absolute Gasteiger partial charge is 0.493 e. The standard InChI is InChI=1S/C23H20N4O3S/c1-26-12-16(15-8-4-5-9-17(15)26)18(28)13-31-23-25-24-22(27(23)2)20-11-14-7-6-10-19(29-3)21(14)30-20/h4-12H,13H2,1-3H3. The summed E-state index contributed by atoms with van der Waals surface area (Å²) in [4.78, 5) is 12.9. The molecular formula is C23H20N4O3S. The molecule has 7 nitrogen and oxygen atoms in total. The number of thioether (sulfide) groups is 1. The van der Waals surface area contributed by atoms with E-state index in [9.17, 15) is 4.79 Å². The number of nitrogens with zero attached hydrogens (tertiary/aromatic N) is 4. The van der Waals surface area contributed by atoms with Crippen molar-refractivity contribution in [3.05, 3.63) is 60.3 Å². The van der Waals surface area contributed by atoms with Gasteiger partial charge in [-0.2, -0.15) is 0 Å². The number of para-hydroxylation sites is 2. The van der Waals surface area contributed by atoms with Crippen LogP contribution < -0.4 is 4.74 Å². The summed E-state index contributed by atoms with van der Waals surface area (Å²) in [5, 5.41) is 11.1. The number of ether oxygens (including phenoxy) is 1. The van der Waals surface area contributed by atoms with Crippen LogP contribution in [-0.4, -0.2) is 38.0 Å². The van der Waals surface area contributed by atoms with Gasteiger partial charge < -0.3 is 18.3 Å². The molecule has 31 heavy (non-hydrogen) atoms. The molecular weight excluding hydrogens is 412 g/mol. The molecule has 0 saturated heterocycles. The lowest BCUT2D eigenvalue weighted by atomic mass is 10.1. The topological polar surface area (TPSA) is 75.1 Å². The minimum absolute atomic E-state index is 0.0554. The number of aryl methyl sites for hydroxylation is 1. The van der Waals surface area contributed by atoms with Crippen molar-refractivity contribution in [2.75, 3.05) is 12.9 Å². The molecule has 0 aliphatic rings. The predicted octanol–water partition coefficient (Wildman–Crippen LogP) is 4.70. The Balaban J connectivity index is 1.39. The Hall–Kier alpha value is -3.52. The molecule has 3 aromatic heterocycles. The summed E-state index contributed by atoms with van der Waals surface area (Å²) >= 11 is 1.36. The molecule has 0 fully saturated rings. The van der Waals surface area contributed by atoms with E-state index in [1.54, 1.807) is 7.11 Å². The van der Waals surface area contributed by atoms with Crippen LogP contribution in [0, 0.1) is 0 Å². The average Bonchev–Trinajstić information content (AvgIpc) is 3.47. The average molecular weight is 433 g/mol. The zero-order valence-electron chi connectivity index (χ0n) is 17.3. The molecule has 156 valence electrons. The Labute approximate surface area is 182 Å². The van der Waals surface area contributed by atoms with Crippen molar-refractivity contribution in [3.63, 3.8) is 0 Å². The van der Waals surface area contributed by atoms with Gasteiger partial charge in [-0.15, -0.1) is 10.2 Å². The van der Waals surface area contributed by atoms with Crippen LogP contribution in [0.3, 0.4) is 0 Å². The fourth-order valence-corrected chi connectivity index (χ4v) is 4.53. The fraction of sp³-hybridized carbons (Fsp3) is 0.174. The number of ketones is 1. The Kier molecular flexibility index (Phi) is 4.78. The second kappa shape index (κ2) is 7.63. The van der Waals surface area contributed by atoms with Crippen LogP contribution in [0.5, 0.6) is 5.75 Å². The molecule has 0 radical (unpaired) electrons. The van der Waals surface area contributed by atoms with E-state index in [2.05, 4.69) is 10.2 Å². The van der Waals surface area contributed by atoms with Gasteiger partial charge in [0, 0.05) is 42.1 Å². The SMILES string of the molecule is COc1cccc2cc(-c3nnc(SCC(=O)c4cn(C)c5ccccc45)n3C)oc12. The highest BCUT2D eigenvalue weighted by Crippen LogP contribution is 2.33. The van der Waals surface area contributed by atoms with Crippen LogP contribution in [0.15, 0.2) is 64.3 Å². The summed E-state index contributed by atoms with van der Waals surface area (Å²) in [5.41, 5.74) is 2.43. The third-order valence-corrected chi connectivity index (χ3v) is 6.33. The molecule has 0 aliphatic carbocycles. The number of fused-ring (bicyclic) bond motifs is 2. The van der Waals surface area contributed by atoms with Gasteiger partial charge >= 0.3 is 0 Å². The summed E-state index contributed by atoms with van der Waals surface area (Å²) in [5.74, 6) is 2.19. The van der Waals surface area contributed by atoms with Crippen LogP contribution >= 0.6 is 11.8 Å². The number of methoxy groups -OCH3 is 1. The van der Waals surface area contributed by atoms with Crippen molar-refractivity contribution < 1.29 is 13.9 Å². The molecule has 0 atom stereocenters. The first-order valence-corrected chi connectivity index (χ1v) is 10.7. The second-order valence-corrected chi connectivity index (χ2v) is 8.18. The van der Waals surface area contributed by atoms with Gasteiger partial charge in [0.2, 0.25) is 0 Å². The normalized spacial score (nSPS) is 11.5. The maximum absolute atomic E-state index is 12.9. The van der Waals surface area contributed by atoms with Crippen LogP contribution in [0.4, 0.5) is 0 Å². The predicted molar refractivity (Wildman–Crippen MR) is 121 cm³/mol. The van der Waals surface area contributed by atoms with Crippen molar-refractivity contribution in [2.24, 2.45) is 14.1 Å². The molecule has 2 aromatic carbocycles. The summed E-state index contributed by atoms with van der Waals surface area (Å²) in [6.45, 7) is 0. The third kappa shape index (κ3) is 3.29. The summed E-state index contributed by atoms with van der Waals surface area (Å²) in [6, 6.07) is 15.5. The van der Waals surface area contributed by atoms with Crippen molar-refractivity contribution in [1.29, 1.82) is 0 Å². The molecule has 5 aromatic rings. The molecule has 0 amide bonds. The number of hydrogen-bond donors (Lipinski definition) is 0. The molecule has 0 spiro atoms. The van der Waals surface area contributed by atoms with Crippen molar-refractivity contribution in [3.8, 4) is 17.3 Å². The zero-order chi connectivity index (χ0) is 21.5. The number of aromatic nitrogens is 4. The first kappa shape index (κ1) is 19.4. The summed E-state index contributed by atoms with van der Waals surface area (Å²) < 4.78 is 15.2. The maximum atomic E-state index is 12.9. The van der Waals surface area contributed by atoms with E-state index < -0.39 is 0 Å². The van der Waals surface area contributed by atoms with Crippen molar-refractivity contribution in [2.45, 2.75) is 5.16 Å². The Morgan fingerprint density at radius 1 is 1.13 bits per heavy atom. The van der Waals surface area contributed by atoms with Gasteiger partial charge in [0.15, 0.2) is 33.9 Å². The monoisotopic (exact) mass is 432 g/mol. The van der Waals surface area contributed by atoms with Gasteiger partial charge in [-0.1, -0.05) is 42.1 Å². The van der Waals surface area contributed by atoms with E-state index in [1.807, 2.05) is 78.0 Å².